The molecule has 9 heavy (non-hydrogen) atoms. The van der Waals surface area contributed by atoms with Crippen LogP contribution in [-0.2, 0) is 4.79 Å². The van der Waals surface area contributed by atoms with Gasteiger partial charge in [0.25, 0.3) is 0 Å². The quantitative estimate of drug-likeness (QED) is 0.542. The molecule has 0 heterocycles. The van der Waals surface area contributed by atoms with E-state index in [1.807, 2.05) is 13.8 Å². The fraction of sp³-hybridized carbons (Fsp3) is 0.714. The van der Waals surface area contributed by atoms with Gasteiger partial charge in [-0.05, 0) is 6.92 Å². The molecule has 0 spiro atoms. The monoisotopic (exact) mass is 128 g/mol. The second kappa shape index (κ2) is 3.49. The number of carbonyl (C=O) groups is 1. The third kappa shape index (κ3) is 2.49. The third-order valence-corrected chi connectivity index (χ3v) is 1.21. The summed E-state index contributed by atoms with van der Waals surface area (Å²) in [5, 5.41) is 0. The Morgan fingerprint density at radius 3 is 2.22 bits per heavy atom. The molecule has 0 rings (SSSR count). The summed E-state index contributed by atoms with van der Waals surface area (Å²) in [5.41, 5.74) is 0. The summed E-state index contributed by atoms with van der Waals surface area (Å²) in [5.74, 6) is 0.252. The Bertz CT molecular complexity index is 99.1. The SMILES string of the molecule is [CH2]CN(C)C(=O)C(C)C. The lowest BCUT2D eigenvalue weighted by Gasteiger charge is -2.16. The first-order valence-electron chi connectivity index (χ1n) is 3.13. The van der Waals surface area contributed by atoms with Crippen molar-refractivity contribution in [2.24, 2.45) is 5.92 Å². The Morgan fingerprint density at radius 1 is 1.67 bits per heavy atom. The van der Waals surface area contributed by atoms with Gasteiger partial charge in [0.2, 0.25) is 5.91 Å². The number of carbonyl (C=O) groups excluding carboxylic acids is 1. The van der Waals surface area contributed by atoms with E-state index in [9.17, 15) is 4.79 Å². The number of rotatable bonds is 2. The summed E-state index contributed by atoms with van der Waals surface area (Å²) >= 11 is 0. The summed E-state index contributed by atoms with van der Waals surface area (Å²) in [6.07, 6.45) is 0. The van der Waals surface area contributed by atoms with E-state index >= 15 is 0 Å². The molecule has 0 bridgehead atoms. The summed E-state index contributed by atoms with van der Waals surface area (Å²) in [6.45, 7) is 7.91. The van der Waals surface area contributed by atoms with E-state index in [0.717, 1.165) is 0 Å². The molecule has 1 amide bonds. The Hall–Kier alpha value is -0.530. The van der Waals surface area contributed by atoms with Crippen LogP contribution in [0, 0.1) is 12.8 Å². The van der Waals surface area contributed by atoms with E-state index in [0.29, 0.717) is 6.54 Å². The number of amides is 1. The first-order valence-corrected chi connectivity index (χ1v) is 3.13. The molecular formula is C7H14NO. The van der Waals surface area contributed by atoms with Crippen LogP contribution in [0.4, 0.5) is 0 Å². The van der Waals surface area contributed by atoms with Crippen molar-refractivity contribution >= 4 is 5.91 Å². The van der Waals surface area contributed by atoms with Gasteiger partial charge in [0.15, 0.2) is 0 Å². The number of hydrogen-bond acceptors (Lipinski definition) is 1. The highest BCUT2D eigenvalue weighted by molar-refractivity contribution is 5.77. The molecule has 0 aromatic carbocycles. The molecule has 0 aliphatic rings. The molecule has 2 heteroatoms. The largest absolute Gasteiger partial charge is 0.346 e. The van der Waals surface area contributed by atoms with Crippen LogP contribution in [0.5, 0.6) is 0 Å². The number of nitrogens with zero attached hydrogens (tertiary/aromatic N) is 1. The minimum absolute atomic E-state index is 0.0942. The average molecular weight is 128 g/mol. The summed E-state index contributed by atoms with van der Waals surface area (Å²) in [4.78, 5) is 12.6. The molecule has 0 aromatic heterocycles. The summed E-state index contributed by atoms with van der Waals surface area (Å²) < 4.78 is 0. The molecule has 0 N–H and O–H groups in total. The lowest BCUT2D eigenvalue weighted by molar-refractivity contribution is -0.132. The Morgan fingerprint density at radius 2 is 2.11 bits per heavy atom. The van der Waals surface area contributed by atoms with Gasteiger partial charge in [0, 0.05) is 19.5 Å². The van der Waals surface area contributed by atoms with Gasteiger partial charge in [-0.15, -0.1) is 0 Å². The van der Waals surface area contributed by atoms with Crippen LogP contribution < -0.4 is 0 Å². The Labute approximate surface area is 56.9 Å². The minimum Gasteiger partial charge on any atom is -0.346 e. The normalized spacial score (nSPS) is 9.89. The molecule has 0 aliphatic carbocycles. The molecule has 2 nitrogen and oxygen atoms in total. The topological polar surface area (TPSA) is 20.3 Å². The van der Waals surface area contributed by atoms with Crippen molar-refractivity contribution in [1.29, 1.82) is 0 Å². The molecule has 0 fully saturated rings. The number of hydrogen-bond donors (Lipinski definition) is 0. The lowest BCUT2D eigenvalue weighted by atomic mass is 10.2. The van der Waals surface area contributed by atoms with Gasteiger partial charge in [-0.3, -0.25) is 4.79 Å². The first kappa shape index (κ1) is 8.47. The van der Waals surface area contributed by atoms with Crippen molar-refractivity contribution in [3.05, 3.63) is 6.92 Å². The van der Waals surface area contributed by atoms with Crippen molar-refractivity contribution in [2.75, 3.05) is 13.6 Å². The van der Waals surface area contributed by atoms with Crippen LogP contribution in [0.3, 0.4) is 0 Å². The second-order valence-corrected chi connectivity index (χ2v) is 2.41. The van der Waals surface area contributed by atoms with Crippen molar-refractivity contribution in [3.63, 3.8) is 0 Å². The van der Waals surface area contributed by atoms with E-state index in [-0.39, 0.29) is 11.8 Å². The van der Waals surface area contributed by atoms with E-state index in [1.54, 1.807) is 11.9 Å². The maximum Gasteiger partial charge on any atom is 0.224 e. The van der Waals surface area contributed by atoms with Crippen LogP contribution >= 0.6 is 0 Å². The van der Waals surface area contributed by atoms with Gasteiger partial charge in [0.1, 0.15) is 0 Å². The predicted octanol–water partition coefficient (Wildman–Crippen LogP) is 0.935. The molecule has 0 aromatic rings. The smallest absolute Gasteiger partial charge is 0.224 e. The van der Waals surface area contributed by atoms with Crippen molar-refractivity contribution in [3.8, 4) is 0 Å². The Balaban J connectivity index is 3.73. The molecule has 0 unspecified atom stereocenters. The van der Waals surface area contributed by atoms with E-state index in [2.05, 4.69) is 6.92 Å². The minimum atomic E-state index is 0.0942. The Kier molecular flexibility index (Phi) is 3.28. The lowest BCUT2D eigenvalue weighted by Crippen LogP contribution is -2.30. The standard InChI is InChI=1S/C7H14NO/c1-5-8(4)7(9)6(2)3/h6H,1,5H2,2-4H3. The van der Waals surface area contributed by atoms with Crippen LogP contribution in [0.2, 0.25) is 0 Å². The molecule has 0 atom stereocenters. The molecule has 0 aliphatic heterocycles. The van der Waals surface area contributed by atoms with Crippen molar-refractivity contribution in [2.45, 2.75) is 13.8 Å². The molecular weight excluding hydrogens is 114 g/mol. The second-order valence-electron chi connectivity index (χ2n) is 2.41. The fourth-order valence-corrected chi connectivity index (χ4v) is 0.551. The fourth-order valence-electron chi connectivity index (χ4n) is 0.551. The molecule has 0 saturated carbocycles. The third-order valence-electron chi connectivity index (χ3n) is 1.21. The van der Waals surface area contributed by atoms with Crippen molar-refractivity contribution in [1.82, 2.24) is 4.90 Å². The van der Waals surface area contributed by atoms with Crippen LogP contribution in [0.1, 0.15) is 13.8 Å². The van der Waals surface area contributed by atoms with Gasteiger partial charge in [0.05, 0.1) is 0 Å². The maximum atomic E-state index is 11.0. The highest BCUT2D eigenvalue weighted by atomic mass is 16.2. The zero-order valence-electron chi connectivity index (χ0n) is 6.35. The van der Waals surface area contributed by atoms with Gasteiger partial charge >= 0.3 is 0 Å². The van der Waals surface area contributed by atoms with E-state index in [4.69, 9.17) is 0 Å². The summed E-state index contributed by atoms with van der Waals surface area (Å²) in [7, 11) is 1.76. The van der Waals surface area contributed by atoms with Gasteiger partial charge < -0.3 is 4.90 Å². The highest BCUT2D eigenvalue weighted by Gasteiger charge is 2.09. The molecule has 1 radical (unpaired) electrons. The van der Waals surface area contributed by atoms with Gasteiger partial charge in [-0.1, -0.05) is 13.8 Å². The predicted molar refractivity (Wildman–Crippen MR) is 37.8 cm³/mol. The highest BCUT2D eigenvalue weighted by Crippen LogP contribution is 1.96. The van der Waals surface area contributed by atoms with E-state index < -0.39 is 0 Å². The molecule has 53 valence electrons. The first-order chi connectivity index (χ1) is 4.09. The summed E-state index contributed by atoms with van der Waals surface area (Å²) in [6, 6.07) is 0. The average Bonchev–Trinajstić information content (AvgIpc) is 1.84. The van der Waals surface area contributed by atoms with Crippen LogP contribution in [0.15, 0.2) is 0 Å². The van der Waals surface area contributed by atoms with E-state index in [1.165, 1.54) is 0 Å². The zero-order chi connectivity index (χ0) is 7.44. The van der Waals surface area contributed by atoms with Crippen LogP contribution in [0.25, 0.3) is 0 Å². The van der Waals surface area contributed by atoms with Crippen molar-refractivity contribution < 1.29 is 4.79 Å². The van der Waals surface area contributed by atoms with Gasteiger partial charge in [-0.25, -0.2) is 0 Å². The molecule has 0 saturated heterocycles. The zero-order valence-corrected chi connectivity index (χ0v) is 6.35. The van der Waals surface area contributed by atoms with Crippen LogP contribution in [-0.4, -0.2) is 24.4 Å². The van der Waals surface area contributed by atoms with Gasteiger partial charge in [-0.2, -0.15) is 0 Å². The maximum absolute atomic E-state index is 11.0.